The van der Waals surface area contributed by atoms with Crippen LogP contribution in [0.4, 0.5) is 0 Å². The molecule has 1 atom stereocenters. The van der Waals surface area contributed by atoms with Gasteiger partial charge in [0.25, 0.3) is 5.91 Å². The fourth-order valence-corrected chi connectivity index (χ4v) is 3.92. The third-order valence-electron chi connectivity index (χ3n) is 5.17. The van der Waals surface area contributed by atoms with Gasteiger partial charge in [-0.3, -0.25) is 14.8 Å². The third-order valence-corrected chi connectivity index (χ3v) is 5.54. The van der Waals surface area contributed by atoms with Crippen LogP contribution in [0.2, 0.25) is 5.02 Å². The number of amides is 1. The molecule has 1 aliphatic rings. The standard InChI is InChI=1S/C23H22ClN3O/c24-20-10-2-1-7-17(20)15-19-9-5-12-21(26-19)18-8-6-14-27(16-18)23(28)22-11-3-4-13-25-22/h1-5,7,9-13,18H,6,8,14-16H2. The first-order valence-corrected chi connectivity index (χ1v) is 9.98. The number of carbonyl (C=O) groups is 1. The first kappa shape index (κ1) is 18.6. The number of pyridine rings is 2. The maximum absolute atomic E-state index is 12.8. The first-order valence-electron chi connectivity index (χ1n) is 9.60. The Morgan fingerprint density at radius 2 is 1.93 bits per heavy atom. The van der Waals surface area contributed by atoms with E-state index >= 15 is 0 Å². The summed E-state index contributed by atoms with van der Waals surface area (Å²) in [4.78, 5) is 23.7. The Balaban J connectivity index is 1.49. The predicted molar refractivity (Wildman–Crippen MR) is 111 cm³/mol. The summed E-state index contributed by atoms with van der Waals surface area (Å²) in [6.07, 6.45) is 4.37. The molecule has 142 valence electrons. The number of aromatic nitrogens is 2. The molecule has 0 saturated carbocycles. The summed E-state index contributed by atoms with van der Waals surface area (Å²) < 4.78 is 0. The molecule has 1 unspecified atom stereocenters. The van der Waals surface area contributed by atoms with Crippen molar-refractivity contribution in [3.05, 3.63) is 94.5 Å². The molecule has 1 fully saturated rings. The Labute approximate surface area is 170 Å². The molecule has 28 heavy (non-hydrogen) atoms. The van der Waals surface area contributed by atoms with E-state index in [0.717, 1.165) is 41.4 Å². The number of nitrogens with zero attached hydrogens (tertiary/aromatic N) is 3. The molecule has 1 aromatic carbocycles. The van der Waals surface area contributed by atoms with Crippen LogP contribution in [0.3, 0.4) is 0 Å². The van der Waals surface area contributed by atoms with Crippen LogP contribution in [-0.2, 0) is 6.42 Å². The van der Waals surface area contributed by atoms with Crippen molar-refractivity contribution in [2.45, 2.75) is 25.2 Å². The summed E-state index contributed by atoms with van der Waals surface area (Å²) in [5, 5.41) is 0.763. The number of likely N-dealkylation sites (tertiary alicyclic amines) is 1. The van der Waals surface area contributed by atoms with E-state index < -0.39 is 0 Å². The van der Waals surface area contributed by atoms with Gasteiger partial charge in [-0.1, -0.05) is 41.9 Å². The lowest BCUT2D eigenvalue weighted by molar-refractivity contribution is 0.0700. The van der Waals surface area contributed by atoms with Crippen molar-refractivity contribution in [2.24, 2.45) is 0 Å². The minimum atomic E-state index is -0.00229. The normalized spacial score (nSPS) is 16.8. The summed E-state index contributed by atoms with van der Waals surface area (Å²) in [6.45, 7) is 1.45. The predicted octanol–water partition coefficient (Wildman–Crippen LogP) is 4.74. The van der Waals surface area contributed by atoms with Gasteiger partial charge >= 0.3 is 0 Å². The second-order valence-corrected chi connectivity index (χ2v) is 7.53. The van der Waals surface area contributed by atoms with Crippen LogP contribution in [0.1, 0.15) is 46.2 Å². The topological polar surface area (TPSA) is 46.1 Å². The summed E-state index contributed by atoms with van der Waals surface area (Å²) in [5.74, 6) is 0.241. The molecule has 3 aromatic rings. The van der Waals surface area contributed by atoms with Crippen LogP contribution in [0.25, 0.3) is 0 Å². The Morgan fingerprint density at radius 3 is 2.75 bits per heavy atom. The summed E-state index contributed by atoms with van der Waals surface area (Å²) in [5.41, 5.74) is 3.62. The Bertz CT molecular complexity index is 961. The average Bonchev–Trinajstić information content (AvgIpc) is 2.76. The van der Waals surface area contributed by atoms with Crippen LogP contribution >= 0.6 is 11.6 Å². The number of hydrogen-bond acceptors (Lipinski definition) is 3. The van der Waals surface area contributed by atoms with Gasteiger partial charge in [0.1, 0.15) is 5.69 Å². The molecule has 4 rings (SSSR count). The van der Waals surface area contributed by atoms with Crippen molar-refractivity contribution in [1.29, 1.82) is 0 Å². The molecule has 1 aliphatic heterocycles. The number of hydrogen-bond donors (Lipinski definition) is 0. The molecule has 4 nitrogen and oxygen atoms in total. The van der Waals surface area contributed by atoms with E-state index in [0.29, 0.717) is 18.7 Å². The summed E-state index contributed by atoms with van der Waals surface area (Å²) >= 11 is 6.30. The Morgan fingerprint density at radius 1 is 1.07 bits per heavy atom. The van der Waals surface area contributed by atoms with E-state index in [9.17, 15) is 4.79 Å². The lowest BCUT2D eigenvalue weighted by Crippen LogP contribution is -2.39. The van der Waals surface area contributed by atoms with E-state index in [1.807, 2.05) is 53.4 Å². The molecule has 2 aromatic heterocycles. The van der Waals surface area contributed by atoms with Crippen molar-refractivity contribution in [3.8, 4) is 0 Å². The van der Waals surface area contributed by atoms with Crippen molar-refractivity contribution in [3.63, 3.8) is 0 Å². The summed E-state index contributed by atoms with van der Waals surface area (Å²) in [6, 6.07) is 19.5. The van der Waals surface area contributed by atoms with Gasteiger partial charge < -0.3 is 4.90 Å². The van der Waals surface area contributed by atoms with E-state index in [4.69, 9.17) is 16.6 Å². The molecular weight excluding hydrogens is 370 g/mol. The van der Waals surface area contributed by atoms with Crippen molar-refractivity contribution >= 4 is 17.5 Å². The van der Waals surface area contributed by atoms with Crippen molar-refractivity contribution in [2.75, 3.05) is 13.1 Å². The highest BCUT2D eigenvalue weighted by Crippen LogP contribution is 2.27. The first-order chi connectivity index (χ1) is 13.7. The SMILES string of the molecule is O=C(c1ccccn1)N1CCCC(c2cccc(Cc3ccccc3Cl)n2)C1. The van der Waals surface area contributed by atoms with Gasteiger partial charge in [0, 0.05) is 48.0 Å². The monoisotopic (exact) mass is 391 g/mol. The van der Waals surface area contributed by atoms with E-state index in [1.165, 1.54) is 0 Å². The molecular formula is C23H22ClN3O. The van der Waals surface area contributed by atoms with Crippen LogP contribution in [0.5, 0.6) is 0 Å². The fraction of sp³-hybridized carbons (Fsp3) is 0.261. The van der Waals surface area contributed by atoms with Gasteiger partial charge in [-0.25, -0.2) is 0 Å². The van der Waals surface area contributed by atoms with E-state index in [2.05, 4.69) is 11.1 Å². The minimum absolute atomic E-state index is 0.00229. The quantitative estimate of drug-likeness (QED) is 0.645. The molecule has 1 saturated heterocycles. The van der Waals surface area contributed by atoms with Crippen molar-refractivity contribution < 1.29 is 4.79 Å². The lowest BCUT2D eigenvalue weighted by atomic mass is 9.93. The number of rotatable bonds is 4. The number of carbonyl (C=O) groups excluding carboxylic acids is 1. The third kappa shape index (κ3) is 4.23. The molecule has 0 N–H and O–H groups in total. The molecule has 5 heteroatoms. The second-order valence-electron chi connectivity index (χ2n) is 7.13. The Kier molecular flexibility index (Phi) is 5.68. The van der Waals surface area contributed by atoms with Crippen LogP contribution in [0.15, 0.2) is 66.9 Å². The molecule has 1 amide bonds. The average molecular weight is 392 g/mol. The van der Waals surface area contributed by atoms with Gasteiger partial charge in [0.15, 0.2) is 0 Å². The van der Waals surface area contributed by atoms with Gasteiger partial charge in [0.2, 0.25) is 0 Å². The number of piperidine rings is 1. The maximum Gasteiger partial charge on any atom is 0.272 e. The number of halogens is 1. The molecule has 0 radical (unpaired) electrons. The van der Waals surface area contributed by atoms with Crippen molar-refractivity contribution in [1.82, 2.24) is 14.9 Å². The van der Waals surface area contributed by atoms with Gasteiger partial charge in [0.05, 0.1) is 0 Å². The van der Waals surface area contributed by atoms with Gasteiger partial charge in [-0.2, -0.15) is 0 Å². The smallest absolute Gasteiger partial charge is 0.272 e. The number of benzene rings is 1. The fourth-order valence-electron chi connectivity index (χ4n) is 3.72. The Hall–Kier alpha value is -2.72. The lowest BCUT2D eigenvalue weighted by Gasteiger charge is -2.32. The van der Waals surface area contributed by atoms with Crippen LogP contribution < -0.4 is 0 Å². The molecule has 3 heterocycles. The van der Waals surface area contributed by atoms with Crippen LogP contribution in [-0.4, -0.2) is 33.9 Å². The highest BCUT2D eigenvalue weighted by molar-refractivity contribution is 6.31. The highest BCUT2D eigenvalue weighted by Gasteiger charge is 2.26. The zero-order valence-electron chi connectivity index (χ0n) is 15.6. The second kappa shape index (κ2) is 8.53. The highest BCUT2D eigenvalue weighted by atomic mass is 35.5. The zero-order chi connectivity index (χ0) is 19.3. The summed E-state index contributed by atoms with van der Waals surface area (Å²) in [7, 11) is 0. The van der Waals surface area contributed by atoms with E-state index in [-0.39, 0.29) is 11.8 Å². The van der Waals surface area contributed by atoms with Gasteiger partial charge in [-0.05, 0) is 48.7 Å². The van der Waals surface area contributed by atoms with E-state index in [1.54, 1.807) is 12.3 Å². The van der Waals surface area contributed by atoms with Crippen LogP contribution in [0, 0.1) is 0 Å². The minimum Gasteiger partial charge on any atom is -0.337 e. The largest absolute Gasteiger partial charge is 0.337 e. The molecule has 0 bridgehead atoms. The molecule has 0 spiro atoms. The zero-order valence-corrected chi connectivity index (χ0v) is 16.3. The maximum atomic E-state index is 12.8. The van der Waals surface area contributed by atoms with Gasteiger partial charge in [-0.15, -0.1) is 0 Å². The molecule has 0 aliphatic carbocycles.